The number of carbonyl (C=O) groups excluding carboxylic acids is 1. The minimum Gasteiger partial charge on any atom is -0.492 e. The summed E-state index contributed by atoms with van der Waals surface area (Å²) in [5.74, 6) is 3.57. The number of benzene rings is 2. The van der Waals surface area contributed by atoms with Crippen molar-refractivity contribution in [1.29, 1.82) is 0 Å². The molecule has 1 fully saturated rings. The van der Waals surface area contributed by atoms with Crippen LogP contribution in [0, 0.1) is 0 Å². The van der Waals surface area contributed by atoms with E-state index in [2.05, 4.69) is 27.5 Å². The number of ether oxygens (including phenoxy) is 2. The van der Waals surface area contributed by atoms with Crippen LogP contribution in [0.15, 0.2) is 61.2 Å². The Bertz CT molecular complexity index is 961. The van der Waals surface area contributed by atoms with E-state index in [0.717, 1.165) is 0 Å². The number of hydrogen-bond donors (Lipinski definition) is 1. The lowest BCUT2D eigenvalue weighted by Gasteiger charge is -2.21. The highest BCUT2D eigenvalue weighted by Crippen LogP contribution is 2.43. The van der Waals surface area contributed by atoms with E-state index in [-0.39, 0.29) is 12.5 Å². The molecule has 162 valence electrons. The molecule has 0 radical (unpaired) electrons. The average Bonchev–Trinajstić information content (AvgIpc) is 3.33. The molecule has 1 aliphatic heterocycles. The maximum absolute atomic E-state index is 12.3. The zero-order valence-corrected chi connectivity index (χ0v) is 18.6. The SMILES string of the molecule is O=C(COc1ccc(C2SCCCS2)cc1)Nc1cccc(OCCn2cncn2)c1. The largest absolute Gasteiger partial charge is 0.492 e. The van der Waals surface area contributed by atoms with Crippen LogP contribution < -0.4 is 14.8 Å². The van der Waals surface area contributed by atoms with E-state index in [0.29, 0.717) is 34.9 Å². The van der Waals surface area contributed by atoms with Crippen LogP contribution in [-0.2, 0) is 11.3 Å². The van der Waals surface area contributed by atoms with Crippen LogP contribution in [0.3, 0.4) is 0 Å². The lowest BCUT2D eigenvalue weighted by molar-refractivity contribution is -0.118. The Morgan fingerprint density at radius 2 is 1.94 bits per heavy atom. The third kappa shape index (κ3) is 6.67. The van der Waals surface area contributed by atoms with Gasteiger partial charge in [0.15, 0.2) is 6.61 Å². The number of carbonyl (C=O) groups is 1. The lowest BCUT2D eigenvalue weighted by Crippen LogP contribution is -2.20. The molecule has 1 N–H and O–H groups in total. The zero-order valence-electron chi connectivity index (χ0n) is 17.0. The van der Waals surface area contributed by atoms with E-state index in [9.17, 15) is 4.79 Å². The highest BCUT2D eigenvalue weighted by molar-refractivity contribution is 8.16. The van der Waals surface area contributed by atoms with Gasteiger partial charge in [-0.3, -0.25) is 4.79 Å². The first-order valence-corrected chi connectivity index (χ1v) is 12.2. The summed E-state index contributed by atoms with van der Waals surface area (Å²) in [6.07, 6.45) is 4.41. The smallest absolute Gasteiger partial charge is 0.262 e. The molecule has 0 atom stereocenters. The van der Waals surface area contributed by atoms with Crippen LogP contribution >= 0.6 is 23.5 Å². The normalized spacial score (nSPS) is 14.2. The third-order valence-corrected chi connectivity index (χ3v) is 7.54. The Morgan fingerprint density at radius 1 is 1.10 bits per heavy atom. The first-order valence-electron chi connectivity index (χ1n) is 10.1. The molecule has 1 aliphatic rings. The number of thioether (sulfide) groups is 2. The van der Waals surface area contributed by atoms with Crippen molar-refractivity contribution in [2.75, 3.05) is 30.0 Å². The minimum absolute atomic E-state index is 0.0519. The molecule has 0 saturated carbocycles. The maximum atomic E-state index is 12.3. The molecule has 3 aromatic rings. The number of nitrogens with zero attached hydrogens (tertiary/aromatic N) is 3. The Hall–Kier alpha value is -2.65. The van der Waals surface area contributed by atoms with Gasteiger partial charge in [-0.25, -0.2) is 9.67 Å². The standard InChI is InChI=1S/C22H24N4O3S2/c27-21(14-29-19-7-5-17(6-8-19)22-30-11-2-12-31-22)25-18-3-1-4-20(13-18)28-10-9-26-16-23-15-24-26/h1,3-8,13,15-16,22H,2,9-12,14H2,(H,25,27). The third-order valence-electron chi connectivity index (χ3n) is 4.52. The van der Waals surface area contributed by atoms with Gasteiger partial charge in [0.1, 0.15) is 30.8 Å². The molecule has 31 heavy (non-hydrogen) atoms. The fraction of sp³-hybridized carbons (Fsp3) is 0.318. The van der Waals surface area contributed by atoms with Gasteiger partial charge in [0.2, 0.25) is 0 Å². The quantitative estimate of drug-likeness (QED) is 0.516. The van der Waals surface area contributed by atoms with Crippen LogP contribution in [0.2, 0.25) is 0 Å². The van der Waals surface area contributed by atoms with Gasteiger partial charge in [-0.1, -0.05) is 18.2 Å². The van der Waals surface area contributed by atoms with Crippen molar-refractivity contribution in [1.82, 2.24) is 14.8 Å². The summed E-state index contributed by atoms with van der Waals surface area (Å²) in [6.45, 7) is 1.00. The second-order valence-corrected chi connectivity index (χ2v) is 9.59. The van der Waals surface area contributed by atoms with Crippen LogP contribution in [-0.4, -0.2) is 45.4 Å². The van der Waals surface area contributed by atoms with Crippen molar-refractivity contribution >= 4 is 35.1 Å². The number of amides is 1. The second-order valence-electron chi connectivity index (χ2n) is 6.87. The maximum Gasteiger partial charge on any atom is 0.262 e. The number of anilines is 1. The van der Waals surface area contributed by atoms with Crippen LogP contribution in [0.25, 0.3) is 0 Å². The van der Waals surface area contributed by atoms with E-state index in [1.54, 1.807) is 17.1 Å². The summed E-state index contributed by atoms with van der Waals surface area (Å²) in [5, 5.41) is 6.87. The molecule has 0 unspecified atom stereocenters. The summed E-state index contributed by atoms with van der Waals surface area (Å²) < 4.78 is 13.6. The molecule has 0 bridgehead atoms. The molecule has 1 amide bonds. The lowest BCUT2D eigenvalue weighted by atomic mass is 10.2. The molecular formula is C22H24N4O3S2. The van der Waals surface area contributed by atoms with Gasteiger partial charge in [0.25, 0.3) is 5.91 Å². The Balaban J connectivity index is 1.22. The molecular weight excluding hydrogens is 432 g/mol. The zero-order chi connectivity index (χ0) is 21.3. The fourth-order valence-corrected chi connectivity index (χ4v) is 5.91. The number of rotatable bonds is 9. The number of hydrogen-bond acceptors (Lipinski definition) is 7. The van der Waals surface area contributed by atoms with Crippen LogP contribution in [0.4, 0.5) is 5.69 Å². The van der Waals surface area contributed by atoms with E-state index in [4.69, 9.17) is 9.47 Å². The summed E-state index contributed by atoms with van der Waals surface area (Å²) in [4.78, 5) is 16.2. The molecule has 1 saturated heterocycles. The van der Waals surface area contributed by atoms with Crippen molar-refractivity contribution < 1.29 is 14.3 Å². The van der Waals surface area contributed by atoms with Gasteiger partial charge in [-0.05, 0) is 47.8 Å². The van der Waals surface area contributed by atoms with Crippen molar-refractivity contribution in [3.8, 4) is 11.5 Å². The molecule has 1 aromatic heterocycles. The molecule has 7 nitrogen and oxygen atoms in total. The van der Waals surface area contributed by atoms with E-state index in [1.165, 1.54) is 29.8 Å². The van der Waals surface area contributed by atoms with Crippen molar-refractivity contribution in [2.45, 2.75) is 17.5 Å². The summed E-state index contributed by atoms with van der Waals surface area (Å²) in [7, 11) is 0. The Morgan fingerprint density at radius 3 is 2.71 bits per heavy atom. The minimum atomic E-state index is -0.220. The Labute approximate surface area is 189 Å². The fourth-order valence-electron chi connectivity index (χ4n) is 3.02. The molecule has 0 aliphatic carbocycles. The van der Waals surface area contributed by atoms with Crippen LogP contribution in [0.1, 0.15) is 16.6 Å². The van der Waals surface area contributed by atoms with E-state index >= 15 is 0 Å². The first-order chi connectivity index (χ1) is 15.3. The summed E-state index contributed by atoms with van der Waals surface area (Å²) in [6, 6.07) is 15.3. The molecule has 9 heteroatoms. The van der Waals surface area contributed by atoms with Gasteiger partial charge in [-0.2, -0.15) is 5.10 Å². The van der Waals surface area contributed by atoms with Gasteiger partial charge >= 0.3 is 0 Å². The van der Waals surface area contributed by atoms with Crippen molar-refractivity contribution in [3.05, 3.63) is 66.7 Å². The molecule has 2 heterocycles. The highest BCUT2D eigenvalue weighted by atomic mass is 32.2. The van der Waals surface area contributed by atoms with E-state index in [1.807, 2.05) is 53.9 Å². The van der Waals surface area contributed by atoms with E-state index < -0.39 is 0 Å². The summed E-state index contributed by atoms with van der Waals surface area (Å²) >= 11 is 3.98. The van der Waals surface area contributed by atoms with Gasteiger partial charge < -0.3 is 14.8 Å². The topological polar surface area (TPSA) is 78.3 Å². The second kappa shape index (κ2) is 11.1. The number of nitrogens with one attached hydrogen (secondary N) is 1. The van der Waals surface area contributed by atoms with Gasteiger partial charge in [0, 0.05) is 11.8 Å². The number of aromatic nitrogens is 3. The predicted molar refractivity (Wildman–Crippen MR) is 125 cm³/mol. The molecule has 0 spiro atoms. The Kier molecular flexibility index (Phi) is 7.73. The monoisotopic (exact) mass is 456 g/mol. The van der Waals surface area contributed by atoms with Crippen LogP contribution in [0.5, 0.6) is 11.5 Å². The average molecular weight is 457 g/mol. The van der Waals surface area contributed by atoms with Gasteiger partial charge in [-0.15, -0.1) is 23.5 Å². The van der Waals surface area contributed by atoms with Crippen molar-refractivity contribution in [3.63, 3.8) is 0 Å². The summed E-state index contributed by atoms with van der Waals surface area (Å²) in [5.41, 5.74) is 1.96. The molecule has 2 aromatic carbocycles. The predicted octanol–water partition coefficient (Wildman–Crippen LogP) is 4.24. The van der Waals surface area contributed by atoms with Gasteiger partial charge in [0.05, 0.1) is 11.1 Å². The molecule has 4 rings (SSSR count). The highest BCUT2D eigenvalue weighted by Gasteiger charge is 2.16. The first kappa shape index (κ1) is 21.6. The van der Waals surface area contributed by atoms with Crippen molar-refractivity contribution in [2.24, 2.45) is 0 Å².